The van der Waals surface area contributed by atoms with E-state index < -0.39 is 11.9 Å². The van der Waals surface area contributed by atoms with Gasteiger partial charge in [0.1, 0.15) is 11.7 Å². The fraction of sp³-hybridized carbons (Fsp3) is 0.308. The first-order chi connectivity index (χ1) is 9.16. The van der Waals surface area contributed by atoms with Crippen LogP contribution in [-0.4, -0.2) is 26.0 Å². The van der Waals surface area contributed by atoms with Crippen molar-refractivity contribution in [2.75, 3.05) is 0 Å². The molecule has 1 atom stereocenters. The van der Waals surface area contributed by atoms with Gasteiger partial charge in [0.15, 0.2) is 5.43 Å². The molecule has 0 saturated carbocycles. The lowest BCUT2D eigenvalue weighted by Crippen LogP contribution is -2.17. The lowest BCUT2D eigenvalue weighted by atomic mass is 9.90. The molecule has 0 radical (unpaired) electrons. The molecular weight excluding hydrogens is 246 g/mol. The van der Waals surface area contributed by atoms with Crippen molar-refractivity contribution in [2.45, 2.75) is 25.2 Å². The molecule has 2 aromatic heterocycles. The zero-order valence-electron chi connectivity index (χ0n) is 10.1. The number of carboxylic acid groups (broad SMARTS) is 1. The number of aromatic amines is 2. The molecule has 6 nitrogen and oxygen atoms in total. The van der Waals surface area contributed by atoms with Crippen molar-refractivity contribution >= 4 is 5.97 Å². The summed E-state index contributed by atoms with van der Waals surface area (Å²) < 4.78 is 0. The van der Waals surface area contributed by atoms with Crippen LogP contribution in [0.25, 0.3) is 11.4 Å². The van der Waals surface area contributed by atoms with Crippen LogP contribution in [0.2, 0.25) is 0 Å². The van der Waals surface area contributed by atoms with E-state index in [-0.39, 0.29) is 5.43 Å². The van der Waals surface area contributed by atoms with Crippen LogP contribution in [0.4, 0.5) is 0 Å². The van der Waals surface area contributed by atoms with Crippen molar-refractivity contribution in [3.63, 3.8) is 0 Å². The number of aryl methyl sites for hydroxylation is 1. The summed E-state index contributed by atoms with van der Waals surface area (Å²) in [7, 11) is 0. The maximum atomic E-state index is 11.8. The Morgan fingerprint density at radius 1 is 1.47 bits per heavy atom. The van der Waals surface area contributed by atoms with Gasteiger partial charge in [-0.05, 0) is 19.3 Å². The third-order valence-corrected chi connectivity index (χ3v) is 3.44. The molecule has 1 unspecified atom stereocenters. The molecule has 0 aromatic carbocycles. The van der Waals surface area contributed by atoms with Gasteiger partial charge < -0.3 is 15.1 Å². The van der Waals surface area contributed by atoms with Crippen molar-refractivity contribution in [1.82, 2.24) is 15.0 Å². The normalized spacial score (nSPS) is 18.0. The number of aromatic nitrogens is 3. The molecule has 19 heavy (non-hydrogen) atoms. The van der Waals surface area contributed by atoms with E-state index in [0.29, 0.717) is 23.5 Å². The number of pyridine rings is 1. The zero-order valence-corrected chi connectivity index (χ0v) is 10.1. The Bertz CT molecular complexity index is 686. The number of hydrogen-bond donors (Lipinski definition) is 3. The molecule has 0 aliphatic heterocycles. The van der Waals surface area contributed by atoms with Crippen LogP contribution in [-0.2, 0) is 11.2 Å². The lowest BCUT2D eigenvalue weighted by Gasteiger charge is -2.16. The molecule has 2 heterocycles. The highest BCUT2D eigenvalue weighted by Crippen LogP contribution is 2.31. The summed E-state index contributed by atoms with van der Waals surface area (Å²) in [6, 6.07) is 1.42. The fourth-order valence-corrected chi connectivity index (χ4v) is 2.49. The monoisotopic (exact) mass is 259 g/mol. The first kappa shape index (κ1) is 11.7. The molecule has 3 rings (SSSR count). The van der Waals surface area contributed by atoms with Gasteiger partial charge in [0, 0.05) is 24.2 Å². The van der Waals surface area contributed by atoms with E-state index in [1.165, 1.54) is 6.07 Å². The van der Waals surface area contributed by atoms with Crippen LogP contribution in [0, 0.1) is 0 Å². The van der Waals surface area contributed by atoms with Crippen LogP contribution in [0.1, 0.15) is 30.1 Å². The molecule has 0 fully saturated rings. The second kappa shape index (κ2) is 4.38. The van der Waals surface area contributed by atoms with Crippen molar-refractivity contribution < 1.29 is 9.90 Å². The van der Waals surface area contributed by atoms with Gasteiger partial charge in [-0.2, -0.15) is 0 Å². The van der Waals surface area contributed by atoms with Crippen LogP contribution < -0.4 is 5.43 Å². The number of aliphatic carboxylic acids is 1. The topological polar surface area (TPSA) is 98.8 Å². The van der Waals surface area contributed by atoms with Gasteiger partial charge in [0.25, 0.3) is 0 Å². The summed E-state index contributed by atoms with van der Waals surface area (Å²) in [6.07, 6.45) is 5.31. The standard InChI is InChI=1S/C13H13N3O3/c17-10-4-5-14-6-8(10)12-15-9-3-1-2-7(13(18)19)11(9)16-12/h4-7H,1-3H2,(H,14,17)(H,15,16)(H,18,19). The second-order valence-corrected chi connectivity index (χ2v) is 4.65. The second-order valence-electron chi connectivity index (χ2n) is 4.65. The minimum Gasteiger partial charge on any atom is -0.481 e. The number of nitrogens with zero attached hydrogens (tertiary/aromatic N) is 1. The molecule has 1 aliphatic rings. The maximum Gasteiger partial charge on any atom is 0.312 e. The van der Waals surface area contributed by atoms with Gasteiger partial charge in [-0.3, -0.25) is 9.59 Å². The largest absolute Gasteiger partial charge is 0.481 e. The van der Waals surface area contributed by atoms with E-state index in [1.54, 1.807) is 12.4 Å². The van der Waals surface area contributed by atoms with E-state index in [9.17, 15) is 14.7 Å². The minimum atomic E-state index is -0.860. The summed E-state index contributed by atoms with van der Waals surface area (Å²) in [4.78, 5) is 33.2. The highest BCUT2D eigenvalue weighted by Gasteiger charge is 2.30. The number of rotatable bonds is 2. The molecule has 0 saturated heterocycles. The highest BCUT2D eigenvalue weighted by atomic mass is 16.4. The van der Waals surface area contributed by atoms with E-state index in [0.717, 1.165) is 18.5 Å². The summed E-state index contributed by atoms with van der Waals surface area (Å²) >= 11 is 0. The molecule has 0 spiro atoms. The van der Waals surface area contributed by atoms with Gasteiger partial charge in [-0.15, -0.1) is 0 Å². The number of hydrogen-bond acceptors (Lipinski definition) is 3. The van der Waals surface area contributed by atoms with Crippen LogP contribution >= 0.6 is 0 Å². The van der Waals surface area contributed by atoms with Gasteiger partial charge in [0.2, 0.25) is 0 Å². The summed E-state index contributed by atoms with van der Waals surface area (Å²) in [6.45, 7) is 0. The van der Waals surface area contributed by atoms with Crippen molar-refractivity contribution in [2.24, 2.45) is 0 Å². The molecule has 98 valence electrons. The molecule has 3 N–H and O–H groups in total. The Morgan fingerprint density at radius 3 is 3.05 bits per heavy atom. The number of imidazole rings is 1. The SMILES string of the molecule is O=C(O)C1CCCc2[nH]c(-c3c[nH]ccc3=O)nc21. The summed E-state index contributed by atoms with van der Waals surface area (Å²) in [5.41, 5.74) is 1.69. The Labute approximate surface area is 108 Å². The van der Waals surface area contributed by atoms with Gasteiger partial charge in [-0.1, -0.05) is 0 Å². The Kier molecular flexibility index (Phi) is 2.70. The van der Waals surface area contributed by atoms with Crippen LogP contribution in [0.5, 0.6) is 0 Å². The van der Waals surface area contributed by atoms with Crippen LogP contribution in [0.15, 0.2) is 23.3 Å². The molecule has 6 heteroatoms. The van der Waals surface area contributed by atoms with Gasteiger partial charge in [0.05, 0.1) is 11.3 Å². The first-order valence-electron chi connectivity index (χ1n) is 6.16. The number of H-pyrrole nitrogens is 2. The van der Waals surface area contributed by atoms with Gasteiger partial charge >= 0.3 is 5.97 Å². The number of carbonyl (C=O) groups is 1. The number of carboxylic acids is 1. The molecule has 2 aromatic rings. The highest BCUT2D eigenvalue weighted by molar-refractivity contribution is 5.76. The fourth-order valence-electron chi connectivity index (χ4n) is 2.49. The first-order valence-corrected chi connectivity index (χ1v) is 6.16. The third kappa shape index (κ3) is 1.95. The Morgan fingerprint density at radius 2 is 2.32 bits per heavy atom. The van der Waals surface area contributed by atoms with Crippen molar-refractivity contribution in [3.8, 4) is 11.4 Å². The number of fused-ring (bicyclic) bond motifs is 1. The molecule has 1 aliphatic carbocycles. The molecule has 0 bridgehead atoms. The predicted molar refractivity (Wildman–Crippen MR) is 68.0 cm³/mol. The average molecular weight is 259 g/mol. The summed E-state index contributed by atoms with van der Waals surface area (Å²) in [5.74, 6) is -0.988. The predicted octanol–water partition coefficient (Wildman–Crippen LogP) is 1.27. The van der Waals surface area contributed by atoms with Gasteiger partial charge in [-0.25, -0.2) is 4.98 Å². The van der Waals surface area contributed by atoms with E-state index in [4.69, 9.17) is 0 Å². The van der Waals surface area contributed by atoms with E-state index in [1.807, 2.05) is 0 Å². The van der Waals surface area contributed by atoms with Crippen LogP contribution in [0.3, 0.4) is 0 Å². The minimum absolute atomic E-state index is 0.142. The van der Waals surface area contributed by atoms with Crippen molar-refractivity contribution in [3.05, 3.63) is 40.1 Å². The summed E-state index contributed by atoms with van der Waals surface area (Å²) in [5, 5.41) is 9.20. The lowest BCUT2D eigenvalue weighted by molar-refractivity contribution is -0.139. The van der Waals surface area contributed by atoms with Crippen molar-refractivity contribution in [1.29, 1.82) is 0 Å². The van der Waals surface area contributed by atoms with E-state index in [2.05, 4.69) is 15.0 Å². The quantitative estimate of drug-likeness (QED) is 0.756. The maximum absolute atomic E-state index is 11.8. The molecular formula is C13H13N3O3. The Hall–Kier alpha value is -2.37. The third-order valence-electron chi connectivity index (χ3n) is 3.44. The van der Waals surface area contributed by atoms with E-state index >= 15 is 0 Å². The molecule has 0 amide bonds. The zero-order chi connectivity index (χ0) is 13.4. The smallest absolute Gasteiger partial charge is 0.312 e. The average Bonchev–Trinajstić information content (AvgIpc) is 2.82. The Balaban J connectivity index is 2.10. The number of nitrogens with one attached hydrogen (secondary N) is 2.